The molecule has 0 bridgehead atoms. The number of benzene rings is 1. The molecule has 92 valence electrons. The predicted molar refractivity (Wildman–Crippen MR) is 69.0 cm³/mol. The minimum absolute atomic E-state index is 0.219. The van der Waals surface area contributed by atoms with Gasteiger partial charge in [0.1, 0.15) is 5.60 Å². The first-order chi connectivity index (χ1) is 8.14. The predicted octanol–water partition coefficient (Wildman–Crippen LogP) is 2.52. The number of fused-ring (bicyclic) bond motifs is 4. The number of rotatable bonds is 2. The summed E-state index contributed by atoms with van der Waals surface area (Å²) >= 11 is 0. The van der Waals surface area contributed by atoms with Crippen molar-refractivity contribution in [3.63, 3.8) is 0 Å². The van der Waals surface area contributed by atoms with Gasteiger partial charge in [-0.2, -0.15) is 0 Å². The van der Waals surface area contributed by atoms with Gasteiger partial charge in [-0.1, -0.05) is 44.5 Å². The highest BCUT2D eigenvalue weighted by Crippen LogP contribution is 2.57. The van der Waals surface area contributed by atoms with Gasteiger partial charge in [0.15, 0.2) is 0 Å². The monoisotopic (exact) mass is 231 g/mol. The molecule has 0 aliphatic heterocycles. The maximum atomic E-state index is 11.0. The van der Waals surface area contributed by atoms with Crippen LogP contribution in [0.15, 0.2) is 24.3 Å². The fourth-order valence-electron chi connectivity index (χ4n) is 3.68. The second-order valence-corrected chi connectivity index (χ2v) is 5.77. The molecule has 3 unspecified atom stereocenters. The molecule has 2 heteroatoms. The van der Waals surface area contributed by atoms with Crippen LogP contribution in [0.25, 0.3) is 0 Å². The minimum atomic E-state index is -0.612. The maximum Gasteiger partial charge on any atom is 0.112 e. The Morgan fingerprint density at radius 1 is 1.29 bits per heavy atom. The van der Waals surface area contributed by atoms with E-state index in [0.29, 0.717) is 12.0 Å². The van der Waals surface area contributed by atoms with Gasteiger partial charge in [0, 0.05) is 18.0 Å². The highest BCUT2D eigenvalue weighted by atomic mass is 16.3. The summed E-state index contributed by atoms with van der Waals surface area (Å²) in [5.41, 5.74) is 1.91. The topological polar surface area (TPSA) is 32.3 Å². The average molecular weight is 231 g/mol. The van der Waals surface area contributed by atoms with E-state index in [1.54, 1.807) is 0 Å². The highest BCUT2D eigenvalue weighted by Gasteiger charge is 2.56. The average Bonchev–Trinajstić information content (AvgIpc) is 2.30. The lowest BCUT2D eigenvalue weighted by Crippen LogP contribution is -2.60. The molecule has 3 rings (SSSR count). The summed E-state index contributed by atoms with van der Waals surface area (Å²) in [4.78, 5) is 0. The lowest BCUT2D eigenvalue weighted by molar-refractivity contribution is -0.0791. The molecule has 2 aliphatic rings. The standard InChI is InChI=1S/C15H21NO/c1-10(2)16-14-9-5-8-13-11-6-3-4-7-12(11)15(13,14)17/h3-4,6-7,10,13-14,16-17H,5,8-9H2,1-2H3. The second kappa shape index (κ2) is 3.82. The fourth-order valence-corrected chi connectivity index (χ4v) is 3.68. The smallest absolute Gasteiger partial charge is 0.112 e. The largest absolute Gasteiger partial charge is 0.383 e. The third-order valence-electron chi connectivity index (χ3n) is 4.35. The Morgan fingerprint density at radius 2 is 2.06 bits per heavy atom. The maximum absolute atomic E-state index is 11.0. The number of hydrogen-bond donors (Lipinski definition) is 2. The summed E-state index contributed by atoms with van der Waals surface area (Å²) in [7, 11) is 0. The van der Waals surface area contributed by atoms with Gasteiger partial charge in [0.25, 0.3) is 0 Å². The Balaban J connectivity index is 1.96. The van der Waals surface area contributed by atoms with Crippen LogP contribution in [0.3, 0.4) is 0 Å². The van der Waals surface area contributed by atoms with Gasteiger partial charge in [-0.25, -0.2) is 0 Å². The van der Waals surface area contributed by atoms with E-state index in [1.807, 2.05) is 6.07 Å². The molecule has 1 fully saturated rings. The highest BCUT2D eigenvalue weighted by molar-refractivity contribution is 5.49. The normalized spacial score (nSPS) is 35.1. The van der Waals surface area contributed by atoms with Gasteiger partial charge in [0.2, 0.25) is 0 Å². The van der Waals surface area contributed by atoms with E-state index in [2.05, 4.69) is 37.4 Å². The van der Waals surface area contributed by atoms with E-state index < -0.39 is 5.60 Å². The summed E-state index contributed by atoms with van der Waals surface area (Å²) < 4.78 is 0. The van der Waals surface area contributed by atoms with Crippen LogP contribution in [0.1, 0.15) is 50.2 Å². The van der Waals surface area contributed by atoms with Crippen molar-refractivity contribution in [2.45, 2.75) is 56.7 Å². The van der Waals surface area contributed by atoms with Gasteiger partial charge < -0.3 is 10.4 Å². The van der Waals surface area contributed by atoms with Crippen LogP contribution in [0.4, 0.5) is 0 Å². The van der Waals surface area contributed by atoms with E-state index >= 15 is 0 Å². The molecular weight excluding hydrogens is 210 g/mol. The number of aliphatic hydroxyl groups is 1. The molecule has 2 N–H and O–H groups in total. The molecular formula is C15H21NO. The number of hydrogen-bond acceptors (Lipinski definition) is 2. The van der Waals surface area contributed by atoms with E-state index in [9.17, 15) is 5.11 Å². The van der Waals surface area contributed by atoms with Crippen LogP contribution >= 0.6 is 0 Å². The van der Waals surface area contributed by atoms with E-state index in [0.717, 1.165) is 18.4 Å². The zero-order valence-electron chi connectivity index (χ0n) is 10.6. The number of nitrogens with one attached hydrogen (secondary N) is 1. The first kappa shape index (κ1) is 11.2. The van der Waals surface area contributed by atoms with Crippen LogP contribution in [0.2, 0.25) is 0 Å². The van der Waals surface area contributed by atoms with Crippen molar-refractivity contribution in [1.29, 1.82) is 0 Å². The molecule has 0 saturated heterocycles. The van der Waals surface area contributed by atoms with E-state index in [1.165, 1.54) is 12.0 Å². The Hall–Kier alpha value is -0.860. The van der Waals surface area contributed by atoms with Crippen molar-refractivity contribution in [3.05, 3.63) is 35.4 Å². The molecule has 0 heterocycles. The van der Waals surface area contributed by atoms with Crippen molar-refractivity contribution in [1.82, 2.24) is 5.32 Å². The molecule has 0 amide bonds. The molecule has 3 atom stereocenters. The fraction of sp³-hybridized carbons (Fsp3) is 0.600. The zero-order valence-corrected chi connectivity index (χ0v) is 10.6. The lowest BCUT2D eigenvalue weighted by Gasteiger charge is -2.55. The second-order valence-electron chi connectivity index (χ2n) is 5.77. The summed E-state index contributed by atoms with van der Waals surface area (Å²) in [5.74, 6) is 0.351. The quantitative estimate of drug-likeness (QED) is 0.819. The first-order valence-corrected chi connectivity index (χ1v) is 6.72. The SMILES string of the molecule is CC(C)NC1CCCC2c3ccccc3C12O. The molecule has 0 spiro atoms. The van der Waals surface area contributed by atoms with Crippen molar-refractivity contribution < 1.29 is 5.11 Å². The van der Waals surface area contributed by atoms with Crippen LogP contribution < -0.4 is 5.32 Å². The van der Waals surface area contributed by atoms with Crippen LogP contribution in [-0.4, -0.2) is 17.2 Å². The Labute approximate surface area is 103 Å². The molecule has 1 saturated carbocycles. The molecule has 2 aliphatic carbocycles. The summed E-state index contributed by atoms with van der Waals surface area (Å²) in [6, 6.07) is 9.02. The summed E-state index contributed by atoms with van der Waals surface area (Å²) in [6.45, 7) is 4.30. The van der Waals surface area contributed by atoms with Crippen LogP contribution in [0, 0.1) is 0 Å². The molecule has 17 heavy (non-hydrogen) atoms. The van der Waals surface area contributed by atoms with Crippen LogP contribution in [0.5, 0.6) is 0 Å². The Bertz CT molecular complexity index is 429. The van der Waals surface area contributed by atoms with E-state index in [4.69, 9.17) is 0 Å². The van der Waals surface area contributed by atoms with Crippen molar-refractivity contribution in [2.75, 3.05) is 0 Å². The van der Waals surface area contributed by atoms with Crippen molar-refractivity contribution in [2.24, 2.45) is 0 Å². The summed E-state index contributed by atoms with van der Waals surface area (Å²) in [5, 5.41) is 14.6. The van der Waals surface area contributed by atoms with Crippen molar-refractivity contribution in [3.8, 4) is 0 Å². The molecule has 1 aromatic rings. The van der Waals surface area contributed by atoms with Crippen molar-refractivity contribution >= 4 is 0 Å². The first-order valence-electron chi connectivity index (χ1n) is 6.72. The third-order valence-corrected chi connectivity index (χ3v) is 4.35. The van der Waals surface area contributed by atoms with Gasteiger partial charge in [-0.15, -0.1) is 0 Å². The zero-order chi connectivity index (χ0) is 12.0. The van der Waals surface area contributed by atoms with Crippen LogP contribution in [-0.2, 0) is 5.60 Å². The summed E-state index contributed by atoms with van der Waals surface area (Å²) in [6.07, 6.45) is 3.43. The van der Waals surface area contributed by atoms with Gasteiger partial charge in [-0.3, -0.25) is 0 Å². The lowest BCUT2D eigenvalue weighted by atomic mass is 9.56. The van der Waals surface area contributed by atoms with Gasteiger partial charge >= 0.3 is 0 Å². The molecule has 1 aromatic carbocycles. The molecule has 0 radical (unpaired) electrons. The third kappa shape index (κ3) is 1.47. The van der Waals surface area contributed by atoms with E-state index in [-0.39, 0.29) is 6.04 Å². The molecule has 2 nitrogen and oxygen atoms in total. The Morgan fingerprint density at radius 3 is 2.82 bits per heavy atom. The molecule has 0 aromatic heterocycles. The van der Waals surface area contributed by atoms with Gasteiger partial charge in [-0.05, 0) is 24.0 Å². The minimum Gasteiger partial charge on any atom is -0.383 e. The Kier molecular flexibility index (Phi) is 2.53. The van der Waals surface area contributed by atoms with Gasteiger partial charge in [0.05, 0.1) is 0 Å².